The highest BCUT2D eigenvalue weighted by molar-refractivity contribution is 5.41. The molecule has 1 aliphatic heterocycles. The van der Waals surface area contributed by atoms with Gasteiger partial charge in [0, 0.05) is 13.0 Å². The van der Waals surface area contributed by atoms with E-state index in [0.29, 0.717) is 5.92 Å². The van der Waals surface area contributed by atoms with Crippen LogP contribution < -0.4 is 10.2 Å². The Hall–Kier alpha value is -1.06. The van der Waals surface area contributed by atoms with Gasteiger partial charge in [-0.05, 0) is 37.0 Å². The third-order valence-electron chi connectivity index (χ3n) is 2.92. The first-order chi connectivity index (χ1) is 8.46. The number of rotatable bonds is 5. The van der Waals surface area contributed by atoms with Gasteiger partial charge in [0.25, 0.3) is 0 Å². The molecule has 1 heterocycles. The molecule has 3 heteroatoms. The number of hydrogen-bond donors (Lipinski definition) is 1. The van der Waals surface area contributed by atoms with Crippen molar-refractivity contribution in [1.29, 1.82) is 0 Å². The number of ether oxygens (including phenoxy) is 1. The lowest BCUT2D eigenvalue weighted by Crippen LogP contribution is -2.24. The zero-order valence-electron chi connectivity index (χ0n) is 11.7. The first-order valence-corrected chi connectivity index (χ1v) is 6.62. The van der Waals surface area contributed by atoms with Crippen LogP contribution in [0.3, 0.4) is 0 Å². The summed E-state index contributed by atoms with van der Waals surface area (Å²) in [5.41, 5.74) is 5.47. The lowest BCUT2D eigenvalue weighted by Gasteiger charge is -2.16. The highest BCUT2D eigenvalue weighted by Gasteiger charge is 2.29. The van der Waals surface area contributed by atoms with Gasteiger partial charge >= 0.3 is 0 Å². The largest absolute Gasteiger partial charge is 0.487 e. The van der Waals surface area contributed by atoms with Crippen LogP contribution in [0.4, 0.5) is 0 Å². The normalized spacial score (nSPS) is 16.7. The van der Waals surface area contributed by atoms with Gasteiger partial charge in [-0.3, -0.25) is 0 Å². The quantitative estimate of drug-likeness (QED) is 0.642. The highest BCUT2D eigenvalue weighted by Crippen LogP contribution is 2.35. The first-order valence-electron chi connectivity index (χ1n) is 6.62. The number of hydroxylamine groups is 1. The Bertz CT molecular complexity index is 413. The predicted octanol–water partition coefficient (Wildman–Crippen LogP) is 3.08. The average molecular weight is 249 g/mol. The SMILES string of the molecule is CC(C)CONCc1ccc2c(c1)CC(C)(C)O2. The Balaban J connectivity index is 1.89. The van der Waals surface area contributed by atoms with E-state index >= 15 is 0 Å². The van der Waals surface area contributed by atoms with Gasteiger partial charge in [-0.15, -0.1) is 0 Å². The van der Waals surface area contributed by atoms with Gasteiger partial charge in [-0.25, -0.2) is 0 Å². The summed E-state index contributed by atoms with van der Waals surface area (Å²) in [7, 11) is 0. The predicted molar refractivity (Wildman–Crippen MR) is 72.5 cm³/mol. The fourth-order valence-corrected chi connectivity index (χ4v) is 2.13. The van der Waals surface area contributed by atoms with Gasteiger partial charge in [0.05, 0.1) is 6.61 Å². The Labute approximate surface area is 109 Å². The zero-order chi connectivity index (χ0) is 13.2. The first kappa shape index (κ1) is 13.4. The second-order valence-electron chi connectivity index (χ2n) is 6.01. The van der Waals surface area contributed by atoms with E-state index in [1.807, 2.05) is 0 Å². The van der Waals surface area contributed by atoms with Gasteiger partial charge in [-0.2, -0.15) is 5.48 Å². The standard InChI is InChI=1S/C15H23NO2/c1-11(2)10-17-16-9-12-5-6-14-13(7-12)8-15(3,4)18-14/h5-7,11,16H,8-10H2,1-4H3. The molecule has 0 saturated carbocycles. The lowest BCUT2D eigenvalue weighted by molar-refractivity contribution is 0.0196. The van der Waals surface area contributed by atoms with Gasteiger partial charge in [0.2, 0.25) is 0 Å². The molecule has 0 unspecified atom stereocenters. The van der Waals surface area contributed by atoms with Crippen molar-refractivity contribution in [2.75, 3.05) is 6.61 Å². The lowest BCUT2D eigenvalue weighted by atomic mass is 10.0. The molecule has 1 aromatic rings. The Morgan fingerprint density at radius 2 is 2.17 bits per heavy atom. The maximum atomic E-state index is 5.85. The van der Waals surface area contributed by atoms with Gasteiger partial charge in [-0.1, -0.05) is 26.0 Å². The minimum atomic E-state index is -0.0669. The highest BCUT2D eigenvalue weighted by atomic mass is 16.6. The molecule has 1 N–H and O–H groups in total. The van der Waals surface area contributed by atoms with Crippen molar-refractivity contribution < 1.29 is 9.57 Å². The van der Waals surface area contributed by atoms with Crippen molar-refractivity contribution in [2.45, 2.75) is 46.3 Å². The molecule has 0 aromatic heterocycles. The van der Waals surface area contributed by atoms with Crippen molar-refractivity contribution in [3.05, 3.63) is 29.3 Å². The fourth-order valence-electron chi connectivity index (χ4n) is 2.13. The van der Waals surface area contributed by atoms with E-state index in [4.69, 9.17) is 9.57 Å². The van der Waals surface area contributed by atoms with Crippen molar-refractivity contribution in [3.63, 3.8) is 0 Å². The maximum Gasteiger partial charge on any atom is 0.123 e. The molecule has 2 rings (SSSR count). The van der Waals surface area contributed by atoms with Gasteiger partial charge < -0.3 is 9.57 Å². The zero-order valence-corrected chi connectivity index (χ0v) is 11.7. The molecule has 0 bridgehead atoms. The molecule has 0 atom stereocenters. The molecular formula is C15H23NO2. The van der Waals surface area contributed by atoms with Crippen molar-refractivity contribution in [2.24, 2.45) is 5.92 Å². The summed E-state index contributed by atoms with van der Waals surface area (Å²) in [5.74, 6) is 1.57. The molecule has 3 nitrogen and oxygen atoms in total. The Kier molecular flexibility index (Phi) is 3.93. The van der Waals surface area contributed by atoms with Crippen LogP contribution in [-0.2, 0) is 17.8 Å². The van der Waals surface area contributed by atoms with E-state index < -0.39 is 0 Å². The number of hydrogen-bond acceptors (Lipinski definition) is 3. The minimum absolute atomic E-state index is 0.0669. The van der Waals surface area contributed by atoms with E-state index in [1.165, 1.54) is 11.1 Å². The number of nitrogens with one attached hydrogen (secondary N) is 1. The van der Waals surface area contributed by atoms with E-state index in [-0.39, 0.29) is 5.60 Å². The van der Waals surface area contributed by atoms with Crippen LogP contribution in [0, 0.1) is 5.92 Å². The molecule has 0 amide bonds. The van der Waals surface area contributed by atoms with E-state index in [0.717, 1.165) is 25.3 Å². The van der Waals surface area contributed by atoms with Crippen molar-refractivity contribution >= 4 is 0 Å². The molecule has 1 aromatic carbocycles. The van der Waals surface area contributed by atoms with Crippen LogP contribution in [-0.4, -0.2) is 12.2 Å². The summed E-state index contributed by atoms with van der Waals surface area (Å²) >= 11 is 0. The average Bonchev–Trinajstić information content (AvgIpc) is 2.57. The molecule has 18 heavy (non-hydrogen) atoms. The summed E-state index contributed by atoms with van der Waals surface area (Å²) in [5, 5.41) is 0. The van der Waals surface area contributed by atoms with Crippen LogP contribution in [0.25, 0.3) is 0 Å². The molecule has 0 aliphatic carbocycles. The summed E-state index contributed by atoms with van der Waals surface area (Å²) in [6.45, 7) is 9.99. The van der Waals surface area contributed by atoms with Crippen LogP contribution in [0.5, 0.6) is 5.75 Å². The summed E-state index contributed by atoms with van der Waals surface area (Å²) in [4.78, 5) is 5.38. The second kappa shape index (κ2) is 5.29. The molecule has 0 spiro atoms. The van der Waals surface area contributed by atoms with Crippen molar-refractivity contribution in [1.82, 2.24) is 5.48 Å². The third kappa shape index (κ3) is 3.47. The summed E-state index contributed by atoms with van der Waals surface area (Å²) in [6.07, 6.45) is 0.975. The molecule has 0 radical (unpaired) electrons. The van der Waals surface area contributed by atoms with E-state index in [9.17, 15) is 0 Å². The topological polar surface area (TPSA) is 30.5 Å². The Morgan fingerprint density at radius 3 is 2.89 bits per heavy atom. The van der Waals surface area contributed by atoms with E-state index in [2.05, 4.69) is 51.4 Å². The second-order valence-corrected chi connectivity index (χ2v) is 6.01. The molecular weight excluding hydrogens is 226 g/mol. The monoisotopic (exact) mass is 249 g/mol. The van der Waals surface area contributed by atoms with Crippen molar-refractivity contribution in [3.8, 4) is 5.75 Å². The summed E-state index contributed by atoms with van der Waals surface area (Å²) in [6, 6.07) is 6.35. The maximum absolute atomic E-state index is 5.85. The smallest absolute Gasteiger partial charge is 0.123 e. The van der Waals surface area contributed by atoms with E-state index in [1.54, 1.807) is 0 Å². The molecule has 0 saturated heterocycles. The number of fused-ring (bicyclic) bond motifs is 1. The van der Waals surface area contributed by atoms with Gasteiger partial charge in [0.15, 0.2) is 0 Å². The Morgan fingerprint density at radius 1 is 1.39 bits per heavy atom. The molecule has 1 aliphatic rings. The number of benzene rings is 1. The summed E-state index contributed by atoms with van der Waals surface area (Å²) < 4.78 is 5.85. The molecule has 100 valence electrons. The van der Waals surface area contributed by atoms with Crippen LogP contribution in [0.2, 0.25) is 0 Å². The van der Waals surface area contributed by atoms with Crippen LogP contribution in [0.1, 0.15) is 38.8 Å². The van der Waals surface area contributed by atoms with Crippen LogP contribution in [0.15, 0.2) is 18.2 Å². The van der Waals surface area contributed by atoms with Gasteiger partial charge in [0.1, 0.15) is 11.4 Å². The van der Waals surface area contributed by atoms with Crippen LogP contribution >= 0.6 is 0 Å². The molecule has 0 fully saturated rings. The third-order valence-corrected chi connectivity index (χ3v) is 2.92. The minimum Gasteiger partial charge on any atom is -0.487 e. The fraction of sp³-hybridized carbons (Fsp3) is 0.600.